The summed E-state index contributed by atoms with van der Waals surface area (Å²) in [5.41, 5.74) is 3.41. The Bertz CT molecular complexity index is 1580. The summed E-state index contributed by atoms with van der Waals surface area (Å²) in [5.74, 6) is -2.57. The number of nitrogens with zero attached hydrogens (tertiary/aromatic N) is 2. The van der Waals surface area contributed by atoms with Gasteiger partial charge in [0.2, 0.25) is 9.84 Å². The molecule has 0 saturated carbocycles. The fraction of sp³-hybridized carbons (Fsp3) is 0.120. The molecular weight excluding hydrogens is 462 g/mol. The number of aliphatic carboxylic acids is 1. The molecule has 9 heteroatoms. The molecule has 0 aliphatic carbocycles. The van der Waals surface area contributed by atoms with Gasteiger partial charge in [0.25, 0.3) is 0 Å². The molecule has 4 rings (SSSR count). The zero-order chi connectivity index (χ0) is 24.6. The first-order valence-electron chi connectivity index (χ1n) is 10.1. The van der Waals surface area contributed by atoms with Crippen LogP contribution in [0.25, 0.3) is 5.52 Å². The summed E-state index contributed by atoms with van der Waals surface area (Å²) in [6.07, 6.45) is 1.55. The summed E-state index contributed by atoms with van der Waals surface area (Å²) < 4.78 is 55.4. The number of benzene rings is 2. The highest BCUT2D eigenvalue weighted by molar-refractivity contribution is 7.91. The van der Waals surface area contributed by atoms with Gasteiger partial charge in [0.05, 0.1) is 16.9 Å². The van der Waals surface area contributed by atoms with Crippen LogP contribution < -0.4 is 0 Å². The Morgan fingerprint density at radius 1 is 1.09 bits per heavy atom. The number of pyridine rings is 1. The number of carboxylic acid groups (broad SMARTS) is 1. The fourth-order valence-corrected chi connectivity index (χ4v) is 5.29. The van der Waals surface area contributed by atoms with E-state index in [0.29, 0.717) is 33.5 Å². The second-order valence-corrected chi connectivity index (χ2v) is 9.72. The lowest BCUT2D eigenvalue weighted by atomic mass is 10.0. The van der Waals surface area contributed by atoms with Gasteiger partial charge in [0, 0.05) is 23.8 Å². The topological polar surface area (TPSA) is 99.6 Å². The number of fused-ring (bicyclic) bond motifs is 1. The molecule has 0 bridgehead atoms. The second-order valence-electron chi connectivity index (χ2n) is 7.80. The smallest absolute Gasteiger partial charge is 0.307 e. The van der Waals surface area contributed by atoms with Gasteiger partial charge in [-0.15, -0.1) is 0 Å². The minimum Gasteiger partial charge on any atom is -0.481 e. The molecule has 0 spiro atoms. The van der Waals surface area contributed by atoms with Gasteiger partial charge in [-0.1, -0.05) is 6.07 Å². The number of nitriles is 1. The van der Waals surface area contributed by atoms with Crippen LogP contribution in [-0.4, -0.2) is 23.9 Å². The van der Waals surface area contributed by atoms with Crippen LogP contribution in [0.5, 0.6) is 0 Å². The van der Waals surface area contributed by atoms with E-state index in [9.17, 15) is 32.4 Å². The summed E-state index contributed by atoms with van der Waals surface area (Å²) in [6.45, 7) is 1.76. The van der Waals surface area contributed by atoms with E-state index >= 15 is 0 Å². The highest BCUT2D eigenvalue weighted by atomic mass is 32.2. The van der Waals surface area contributed by atoms with Crippen molar-refractivity contribution in [3.8, 4) is 6.07 Å². The van der Waals surface area contributed by atoms with Crippen molar-refractivity contribution in [2.75, 3.05) is 0 Å². The quantitative estimate of drug-likeness (QED) is 0.411. The third-order valence-corrected chi connectivity index (χ3v) is 7.48. The highest BCUT2D eigenvalue weighted by Crippen LogP contribution is 2.29. The van der Waals surface area contributed by atoms with Crippen molar-refractivity contribution in [2.24, 2.45) is 0 Å². The Morgan fingerprint density at radius 2 is 1.79 bits per heavy atom. The number of carbonyl (C=O) groups is 1. The van der Waals surface area contributed by atoms with E-state index in [-0.39, 0.29) is 17.7 Å². The largest absolute Gasteiger partial charge is 0.481 e. The van der Waals surface area contributed by atoms with Gasteiger partial charge in [-0.05, 0) is 72.1 Å². The molecule has 4 aromatic rings. The van der Waals surface area contributed by atoms with E-state index < -0.39 is 32.3 Å². The van der Waals surface area contributed by atoms with Gasteiger partial charge >= 0.3 is 5.97 Å². The van der Waals surface area contributed by atoms with E-state index in [0.717, 1.165) is 36.4 Å². The number of hydrogen-bond acceptors (Lipinski definition) is 4. The molecule has 2 aromatic heterocycles. The summed E-state index contributed by atoms with van der Waals surface area (Å²) in [6, 6.07) is 13.2. The third-order valence-electron chi connectivity index (χ3n) is 5.67. The normalized spacial score (nSPS) is 11.5. The van der Waals surface area contributed by atoms with Crippen LogP contribution in [0, 0.1) is 29.9 Å². The number of aromatic nitrogens is 1. The lowest BCUT2D eigenvalue weighted by Gasteiger charge is -2.09. The minimum atomic E-state index is -4.19. The minimum absolute atomic E-state index is 0.176. The molecule has 2 heterocycles. The Kier molecular flexibility index (Phi) is 5.94. The van der Waals surface area contributed by atoms with E-state index in [4.69, 9.17) is 0 Å². The van der Waals surface area contributed by atoms with Crippen molar-refractivity contribution in [3.63, 3.8) is 0 Å². The van der Waals surface area contributed by atoms with E-state index in [1.54, 1.807) is 29.7 Å². The van der Waals surface area contributed by atoms with Crippen LogP contribution >= 0.6 is 0 Å². The van der Waals surface area contributed by atoms with Gasteiger partial charge < -0.3 is 9.51 Å². The molecule has 0 amide bonds. The Hall–Kier alpha value is -4.03. The highest BCUT2D eigenvalue weighted by Gasteiger charge is 2.23. The van der Waals surface area contributed by atoms with Crippen LogP contribution in [0.2, 0.25) is 0 Å². The molecule has 0 atom stereocenters. The monoisotopic (exact) mass is 480 g/mol. The summed E-state index contributed by atoms with van der Waals surface area (Å²) in [7, 11) is -4.19. The molecule has 1 N–H and O–H groups in total. The molecule has 0 radical (unpaired) electrons. The molecule has 0 unspecified atom stereocenters. The van der Waals surface area contributed by atoms with E-state index in [1.165, 1.54) is 6.07 Å². The SMILES string of the molecule is Cc1c(CC(=O)O)c2ccc(C#N)cn2c1Cc1ccc(S(=O)(=O)c2ccc(F)cc2)c(F)c1. The predicted octanol–water partition coefficient (Wildman–Crippen LogP) is 4.45. The number of rotatable bonds is 6. The van der Waals surface area contributed by atoms with Crippen LogP contribution in [0.1, 0.15) is 27.9 Å². The second kappa shape index (κ2) is 8.72. The fourth-order valence-electron chi connectivity index (χ4n) is 3.98. The van der Waals surface area contributed by atoms with Crippen molar-refractivity contribution in [2.45, 2.75) is 29.6 Å². The summed E-state index contributed by atoms with van der Waals surface area (Å²) in [4.78, 5) is 10.6. The third kappa shape index (κ3) is 4.16. The van der Waals surface area contributed by atoms with Crippen LogP contribution in [0.4, 0.5) is 8.78 Å². The average Bonchev–Trinajstić information content (AvgIpc) is 3.04. The summed E-state index contributed by atoms with van der Waals surface area (Å²) in [5, 5.41) is 18.6. The number of halogens is 2. The Balaban J connectivity index is 1.76. The number of sulfone groups is 1. The van der Waals surface area contributed by atoms with Crippen molar-refractivity contribution >= 4 is 21.3 Å². The maximum atomic E-state index is 14.9. The first-order chi connectivity index (χ1) is 16.1. The van der Waals surface area contributed by atoms with Gasteiger partial charge in [0.15, 0.2) is 0 Å². The van der Waals surface area contributed by atoms with Crippen LogP contribution in [0.3, 0.4) is 0 Å². The molecule has 6 nitrogen and oxygen atoms in total. The van der Waals surface area contributed by atoms with Crippen molar-refractivity contribution < 1.29 is 27.1 Å². The first kappa shape index (κ1) is 23.1. The van der Waals surface area contributed by atoms with Gasteiger partial charge in [-0.25, -0.2) is 17.2 Å². The number of hydrogen-bond donors (Lipinski definition) is 1. The zero-order valence-corrected chi connectivity index (χ0v) is 18.7. The molecule has 0 aliphatic heterocycles. The van der Waals surface area contributed by atoms with Crippen LogP contribution in [-0.2, 0) is 27.5 Å². The van der Waals surface area contributed by atoms with Gasteiger partial charge in [0.1, 0.15) is 22.6 Å². The average molecular weight is 480 g/mol. The van der Waals surface area contributed by atoms with Gasteiger partial charge in [-0.2, -0.15) is 5.26 Å². The van der Waals surface area contributed by atoms with Crippen molar-refractivity contribution in [3.05, 3.63) is 100 Å². The molecule has 0 saturated heterocycles. The Morgan fingerprint density at radius 3 is 2.41 bits per heavy atom. The van der Waals surface area contributed by atoms with Crippen LogP contribution in [0.15, 0.2) is 70.6 Å². The maximum absolute atomic E-state index is 14.9. The molecule has 172 valence electrons. The predicted molar refractivity (Wildman–Crippen MR) is 119 cm³/mol. The first-order valence-corrected chi connectivity index (χ1v) is 11.6. The lowest BCUT2D eigenvalue weighted by molar-refractivity contribution is -0.136. The maximum Gasteiger partial charge on any atom is 0.307 e. The molecular formula is C25H18F2N2O4S. The summed E-state index contributed by atoms with van der Waals surface area (Å²) >= 11 is 0. The molecule has 34 heavy (non-hydrogen) atoms. The van der Waals surface area contributed by atoms with Crippen molar-refractivity contribution in [1.82, 2.24) is 4.40 Å². The van der Waals surface area contributed by atoms with Gasteiger partial charge in [-0.3, -0.25) is 4.79 Å². The standard InChI is InChI=1S/C25H18F2N2O4S/c1-15-20(12-25(30)31)22-8-2-17(13-28)14-29(22)23(15)11-16-3-9-24(21(27)10-16)34(32,33)19-6-4-18(26)5-7-19/h2-10,14H,11-12H2,1H3,(H,30,31). The van der Waals surface area contributed by atoms with E-state index in [1.807, 2.05) is 6.07 Å². The van der Waals surface area contributed by atoms with E-state index in [2.05, 4.69) is 0 Å². The molecule has 0 fully saturated rings. The molecule has 2 aromatic carbocycles. The lowest BCUT2D eigenvalue weighted by Crippen LogP contribution is -2.06. The molecule has 0 aliphatic rings. The van der Waals surface area contributed by atoms with Crippen molar-refractivity contribution in [1.29, 1.82) is 5.26 Å². The number of carboxylic acids is 1. The Labute approximate surface area is 194 Å². The zero-order valence-electron chi connectivity index (χ0n) is 17.9.